The first-order valence-electron chi connectivity index (χ1n) is 17.4. The standard InChI is InChI=1S/C34H71AsO2/c1-3-5-7-9-11-13-15-17-19-21-23-25-27-29-31-33-35(36,37)34-32-30-28-26-24-22-20-18-16-14-12-10-8-6-4-2/h3-34H2,1-2H3,(H,36,37). The summed E-state index contributed by atoms with van der Waals surface area (Å²) >= 11 is -3.52. The van der Waals surface area contributed by atoms with Crippen LogP contribution in [-0.4, -0.2) is 17.9 Å². The normalized spacial score (nSPS) is 12.0. The monoisotopic (exact) mass is 586 g/mol. The maximum atomic E-state index is 12.5. The molecule has 37 heavy (non-hydrogen) atoms. The molecule has 1 N–H and O–H groups in total. The summed E-state index contributed by atoms with van der Waals surface area (Å²) < 4.78 is 22.8. The molecule has 0 heterocycles. The van der Waals surface area contributed by atoms with Crippen LogP contribution in [-0.2, 0) is 3.74 Å². The summed E-state index contributed by atoms with van der Waals surface area (Å²) in [5.74, 6) is 0. The number of hydrogen-bond acceptors (Lipinski definition) is 1. The molecule has 0 amide bonds. The van der Waals surface area contributed by atoms with Crippen LogP contribution in [0.25, 0.3) is 0 Å². The minimum atomic E-state index is -3.52. The van der Waals surface area contributed by atoms with E-state index in [-0.39, 0.29) is 0 Å². The van der Waals surface area contributed by atoms with Crippen LogP contribution in [0.15, 0.2) is 0 Å². The van der Waals surface area contributed by atoms with Crippen LogP contribution in [0, 0.1) is 0 Å². The molecule has 0 saturated carbocycles. The summed E-state index contributed by atoms with van der Waals surface area (Å²) in [6.07, 6.45) is 40.4. The fraction of sp³-hybridized carbons (Fsp3) is 1.00. The Labute approximate surface area is 238 Å². The summed E-state index contributed by atoms with van der Waals surface area (Å²) in [5.41, 5.74) is 0. The molecule has 0 aliphatic rings. The molecule has 0 rings (SSSR count). The Kier molecular flexibility index (Phi) is 31.1. The zero-order chi connectivity index (χ0) is 27.1. The van der Waals surface area contributed by atoms with E-state index in [1.807, 2.05) is 0 Å². The summed E-state index contributed by atoms with van der Waals surface area (Å²) in [4.78, 5) is 0. The average Bonchev–Trinajstić information content (AvgIpc) is 2.88. The molecule has 0 aromatic rings. The van der Waals surface area contributed by atoms with E-state index in [2.05, 4.69) is 13.8 Å². The SMILES string of the molecule is CCCCCCCCCCCCCCCCC[As](=O)(O)CCCCCCCCCCCCCCCCC. The molecule has 2 nitrogen and oxygen atoms in total. The van der Waals surface area contributed by atoms with Gasteiger partial charge in [0.15, 0.2) is 0 Å². The average molecular weight is 587 g/mol. The zero-order valence-corrected chi connectivity index (χ0v) is 27.8. The molecule has 0 atom stereocenters. The van der Waals surface area contributed by atoms with Gasteiger partial charge in [0.25, 0.3) is 0 Å². The second-order valence-electron chi connectivity index (χ2n) is 12.2. The van der Waals surface area contributed by atoms with Gasteiger partial charge < -0.3 is 0 Å². The first-order valence-corrected chi connectivity index (χ1v) is 21.7. The van der Waals surface area contributed by atoms with Crippen molar-refractivity contribution in [3.8, 4) is 0 Å². The van der Waals surface area contributed by atoms with Gasteiger partial charge >= 0.3 is 173 Å². The molecule has 0 radical (unpaired) electrons. The molecule has 0 bridgehead atoms. The second-order valence-corrected chi connectivity index (χ2v) is 17.6. The maximum absolute atomic E-state index is 12.5. The minimum Gasteiger partial charge on any atom is -0.0654 e. The first kappa shape index (κ1) is 37.3. The first-order chi connectivity index (χ1) is 18.1. The molecule has 0 saturated heterocycles. The van der Waals surface area contributed by atoms with Crippen molar-refractivity contribution in [1.82, 2.24) is 0 Å². The van der Waals surface area contributed by atoms with E-state index < -0.39 is 13.8 Å². The second kappa shape index (κ2) is 30.9. The third kappa shape index (κ3) is 32.4. The van der Waals surface area contributed by atoms with Crippen LogP contribution in [0.1, 0.15) is 206 Å². The summed E-state index contributed by atoms with van der Waals surface area (Å²) in [6, 6.07) is 0. The van der Waals surface area contributed by atoms with Gasteiger partial charge in [-0.05, 0) is 0 Å². The fourth-order valence-corrected chi connectivity index (χ4v) is 9.05. The van der Waals surface area contributed by atoms with Crippen LogP contribution in [0.2, 0.25) is 10.4 Å². The molecule has 0 aliphatic carbocycles. The van der Waals surface area contributed by atoms with Gasteiger partial charge in [0.05, 0.1) is 0 Å². The van der Waals surface area contributed by atoms with E-state index >= 15 is 0 Å². The molecular weight excluding hydrogens is 515 g/mol. The van der Waals surface area contributed by atoms with Crippen molar-refractivity contribution >= 4 is 13.8 Å². The van der Waals surface area contributed by atoms with Gasteiger partial charge in [0.1, 0.15) is 0 Å². The number of rotatable bonds is 32. The van der Waals surface area contributed by atoms with E-state index in [9.17, 15) is 7.84 Å². The number of unbranched alkanes of at least 4 members (excludes halogenated alkanes) is 28. The molecule has 0 aromatic carbocycles. The minimum absolute atomic E-state index is 0.620. The smallest absolute Gasteiger partial charge is 0.0654 e. The van der Waals surface area contributed by atoms with E-state index in [4.69, 9.17) is 0 Å². The predicted molar refractivity (Wildman–Crippen MR) is 168 cm³/mol. The summed E-state index contributed by atoms with van der Waals surface area (Å²) in [5, 5.41) is 1.24. The Morgan fingerprint density at radius 2 is 0.486 bits per heavy atom. The van der Waals surface area contributed by atoms with Crippen molar-refractivity contribution in [3.05, 3.63) is 0 Å². The van der Waals surface area contributed by atoms with Gasteiger partial charge in [-0.2, -0.15) is 0 Å². The van der Waals surface area contributed by atoms with Crippen LogP contribution in [0.5, 0.6) is 0 Å². The van der Waals surface area contributed by atoms with Gasteiger partial charge in [-0.25, -0.2) is 0 Å². The van der Waals surface area contributed by atoms with Crippen LogP contribution in [0.4, 0.5) is 0 Å². The summed E-state index contributed by atoms with van der Waals surface area (Å²) in [7, 11) is 0. The van der Waals surface area contributed by atoms with Crippen molar-refractivity contribution in [3.63, 3.8) is 0 Å². The molecule has 3 heteroatoms. The third-order valence-electron chi connectivity index (χ3n) is 8.22. The molecule has 0 fully saturated rings. The molecule has 0 aliphatic heterocycles. The van der Waals surface area contributed by atoms with Crippen molar-refractivity contribution in [2.45, 2.75) is 217 Å². The molecule has 0 aromatic heterocycles. The summed E-state index contributed by atoms with van der Waals surface area (Å²) in [6.45, 7) is 4.57. The molecule has 0 spiro atoms. The Bertz CT molecular complexity index is 427. The van der Waals surface area contributed by atoms with E-state index in [1.165, 1.54) is 167 Å². The zero-order valence-electron chi connectivity index (χ0n) is 25.9. The van der Waals surface area contributed by atoms with Crippen LogP contribution in [0.3, 0.4) is 0 Å². The fourth-order valence-electron chi connectivity index (χ4n) is 5.57. The Morgan fingerprint density at radius 1 is 0.324 bits per heavy atom. The Hall–Kier alpha value is 0.318. The molecule has 0 unspecified atom stereocenters. The number of hydrogen-bond donors (Lipinski definition) is 1. The van der Waals surface area contributed by atoms with Crippen LogP contribution >= 0.6 is 0 Å². The van der Waals surface area contributed by atoms with Gasteiger partial charge in [0.2, 0.25) is 0 Å². The Balaban J connectivity index is 3.28. The van der Waals surface area contributed by atoms with E-state index in [1.54, 1.807) is 0 Å². The van der Waals surface area contributed by atoms with Gasteiger partial charge in [-0.15, -0.1) is 0 Å². The van der Waals surface area contributed by atoms with Gasteiger partial charge in [0, 0.05) is 0 Å². The molecular formula is C34H71AsO2. The van der Waals surface area contributed by atoms with E-state index in [0.717, 1.165) is 25.7 Å². The molecule has 224 valence electrons. The Morgan fingerprint density at radius 3 is 0.676 bits per heavy atom. The van der Waals surface area contributed by atoms with Gasteiger partial charge in [-0.3, -0.25) is 0 Å². The van der Waals surface area contributed by atoms with Crippen molar-refractivity contribution in [2.75, 3.05) is 0 Å². The van der Waals surface area contributed by atoms with Gasteiger partial charge in [-0.1, -0.05) is 65.2 Å². The van der Waals surface area contributed by atoms with Crippen molar-refractivity contribution in [1.29, 1.82) is 0 Å². The quantitative estimate of drug-likeness (QED) is 0.0629. The van der Waals surface area contributed by atoms with E-state index in [0.29, 0.717) is 10.4 Å². The third-order valence-corrected chi connectivity index (χ3v) is 12.5. The van der Waals surface area contributed by atoms with Crippen molar-refractivity contribution in [2.24, 2.45) is 0 Å². The topological polar surface area (TPSA) is 37.3 Å². The van der Waals surface area contributed by atoms with Crippen molar-refractivity contribution < 1.29 is 7.84 Å². The van der Waals surface area contributed by atoms with Crippen LogP contribution < -0.4 is 0 Å². The predicted octanol–water partition coefficient (Wildman–Crippen LogP) is 12.6.